The van der Waals surface area contributed by atoms with E-state index in [1.165, 1.54) is 5.56 Å². The molecule has 0 fully saturated rings. The molecule has 0 saturated heterocycles. The first-order valence-corrected chi connectivity index (χ1v) is 9.68. The third-order valence-electron chi connectivity index (χ3n) is 5.11. The van der Waals surface area contributed by atoms with Gasteiger partial charge in [0.25, 0.3) is 0 Å². The lowest BCUT2D eigenvalue weighted by Gasteiger charge is -2.30. The van der Waals surface area contributed by atoms with Crippen molar-refractivity contribution in [3.8, 4) is 5.75 Å². The topological polar surface area (TPSA) is 61.8 Å². The third-order valence-corrected chi connectivity index (χ3v) is 5.11. The molecule has 29 heavy (non-hydrogen) atoms. The second kappa shape index (κ2) is 8.27. The van der Waals surface area contributed by atoms with Crippen LogP contribution in [0.2, 0.25) is 0 Å². The van der Waals surface area contributed by atoms with Crippen molar-refractivity contribution >= 4 is 5.97 Å². The van der Waals surface area contributed by atoms with E-state index in [4.69, 9.17) is 9.84 Å². The standard InChI is InChI=1S/C24H24N2O3/c1-17-13-19(8-10-23(17)29-16-18-5-3-2-4-6-18)21-9-7-20-14-26(15-24(27)28)12-11-22(20)25-21/h2-13,21,25H,14-16H2,1H3,(H,27,28). The Morgan fingerprint density at radius 2 is 2.03 bits per heavy atom. The van der Waals surface area contributed by atoms with Crippen LogP contribution >= 0.6 is 0 Å². The number of hydrogen-bond acceptors (Lipinski definition) is 4. The normalized spacial score (nSPS) is 17.7. The molecule has 0 saturated carbocycles. The molecule has 5 heteroatoms. The number of carbonyl (C=O) groups is 1. The summed E-state index contributed by atoms with van der Waals surface area (Å²) in [6.07, 6.45) is 7.99. The van der Waals surface area contributed by atoms with E-state index in [-0.39, 0.29) is 12.6 Å². The minimum Gasteiger partial charge on any atom is -0.489 e. The number of hydrogen-bond donors (Lipinski definition) is 2. The number of allylic oxidation sites excluding steroid dienone is 1. The van der Waals surface area contributed by atoms with Gasteiger partial charge in [0.1, 0.15) is 18.9 Å². The van der Waals surface area contributed by atoms with Crippen molar-refractivity contribution in [1.82, 2.24) is 10.2 Å². The number of nitrogens with zero attached hydrogens (tertiary/aromatic N) is 1. The number of rotatable bonds is 6. The number of ether oxygens (including phenoxy) is 1. The predicted molar refractivity (Wildman–Crippen MR) is 112 cm³/mol. The Kier molecular flexibility index (Phi) is 5.38. The second-order valence-electron chi connectivity index (χ2n) is 7.33. The maximum absolute atomic E-state index is 10.9. The number of carboxylic acid groups (broad SMARTS) is 1. The van der Waals surface area contributed by atoms with Crippen LogP contribution in [-0.2, 0) is 11.4 Å². The first-order valence-electron chi connectivity index (χ1n) is 9.68. The van der Waals surface area contributed by atoms with Gasteiger partial charge in [-0.25, -0.2) is 0 Å². The SMILES string of the molecule is Cc1cc(C2C=CC3=C(C=CN(CC(=O)O)C3)N2)ccc1OCc1ccccc1. The average Bonchev–Trinajstić information content (AvgIpc) is 2.73. The molecule has 0 aliphatic carbocycles. The number of benzene rings is 2. The van der Waals surface area contributed by atoms with Crippen LogP contribution < -0.4 is 10.1 Å². The summed E-state index contributed by atoms with van der Waals surface area (Å²) in [6.45, 7) is 3.22. The molecule has 2 heterocycles. The van der Waals surface area contributed by atoms with Gasteiger partial charge in [0.2, 0.25) is 0 Å². The molecule has 0 spiro atoms. The molecule has 2 aliphatic heterocycles. The van der Waals surface area contributed by atoms with E-state index in [9.17, 15) is 4.79 Å². The minimum atomic E-state index is -0.825. The van der Waals surface area contributed by atoms with Gasteiger partial charge in [-0.2, -0.15) is 0 Å². The summed E-state index contributed by atoms with van der Waals surface area (Å²) < 4.78 is 5.98. The Hall–Kier alpha value is -3.47. The van der Waals surface area contributed by atoms with Crippen molar-refractivity contribution in [2.75, 3.05) is 13.1 Å². The Bertz CT molecular complexity index is 992. The van der Waals surface area contributed by atoms with Crippen molar-refractivity contribution in [1.29, 1.82) is 0 Å². The highest BCUT2D eigenvalue weighted by Gasteiger charge is 2.20. The first-order chi connectivity index (χ1) is 14.1. The summed E-state index contributed by atoms with van der Waals surface area (Å²) in [5.74, 6) is 0.0635. The number of dihydropyridines is 1. The fourth-order valence-corrected chi connectivity index (χ4v) is 3.60. The third kappa shape index (κ3) is 4.51. The summed E-state index contributed by atoms with van der Waals surface area (Å²) >= 11 is 0. The molecule has 148 valence electrons. The molecule has 0 bridgehead atoms. The molecule has 2 aromatic carbocycles. The zero-order chi connectivity index (χ0) is 20.2. The molecule has 1 unspecified atom stereocenters. The lowest BCUT2D eigenvalue weighted by molar-refractivity contribution is -0.137. The summed E-state index contributed by atoms with van der Waals surface area (Å²) in [6, 6.07) is 16.5. The Morgan fingerprint density at radius 1 is 1.21 bits per heavy atom. The van der Waals surface area contributed by atoms with Gasteiger partial charge in [0.05, 0.1) is 6.04 Å². The van der Waals surface area contributed by atoms with Gasteiger partial charge in [0, 0.05) is 18.4 Å². The number of carboxylic acids is 1. The lowest BCUT2D eigenvalue weighted by Crippen LogP contribution is -2.33. The zero-order valence-corrected chi connectivity index (χ0v) is 16.3. The minimum absolute atomic E-state index is 0.00812. The molecule has 2 N–H and O–H groups in total. The molecule has 0 aromatic heterocycles. The van der Waals surface area contributed by atoms with Crippen LogP contribution in [0, 0.1) is 6.92 Å². The van der Waals surface area contributed by atoms with Gasteiger partial charge in [-0.15, -0.1) is 0 Å². The molecule has 0 radical (unpaired) electrons. The van der Waals surface area contributed by atoms with Crippen LogP contribution in [0.3, 0.4) is 0 Å². The fourth-order valence-electron chi connectivity index (χ4n) is 3.60. The Morgan fingerprint density at radius 3 is 2.79 bits per heavy atom. The maximum Gasteiger partial charge on any atom is 0.323 e. The van der Waals surface area contributed by atoms with E-state index in [2.05, 4.69) is 48.7 Å². The maximum atomic E-state index is 10.9. The highest BCUT2D eigenvalue weighted by Crippen LogP contribution is 2.29. The summed E-state index contributed by atoms with van der Waals surface area (Å²) in [5, 5.41) is 12.5. The summed E-state index contributed by atoms with van der Waals surface area (Å²) in [7, 11) is 0. The van der Waals surface area contributed by atoms with Crippen LogP contribution in [0.25, 0.3) is 0 Å². The molecule has 0 amide bonds. The molecule has 1 atom stereocenters. The fraction of sp³-hybridized carbons (Fsp3) is 0.208. The Balaban J connectivity index is 1.41. The Labute approximate surface area is 170 Å². The number of aliphatic carboxylic acids is 1. The molecular formula is C24H24N2O3. The van der Waals surface area contributed by atoms with Gasteiger partial charge in [-0.3, -0.25) is 4.79 Å². The largest absolute Gasteiger partial charge is 0.489 e. The highest BCUT2D eigenvalue weighted by atomic mass is 16.5. The number of nitrogens with one attached hydrogen (secondary N) is 1. The van der Waals surface area contributed by atoms with E-state index in [1.807, 2.05) is 36.5 Å². The van der Waals surface area contributed by atoms with Gasteiger partial charge < -0.3 is 20.1 Å². The van der Waals surface area contributed by atoms with E-state index < -0.39 is 5.97 Å². The van der Waals surface area contributed by atoms with E-state index in [1.54, 1.807) is 4.90 Å². The van der Waals surface area contributed by atoms with E-state index in [0.717, 1.165) is 28.1 Å². The van der Waals surface area contributed by atoms with Gasteiger partial charge in [0.15, 0.2) is 0 Å². The van der Waals surface area contributed by atoms with Crippen molar-refractivity contribution < 1.29 is 14.6 Å². The lowest BCUT2D eigenvalue weighted by atomic mass is 9.97. The van der Waals surface area contributed by atoms with Gasteiger partial charge in [-0.1, -0.05) is 54.6 Å². The van der Waals surface area contributed by atoms with Crippen LogP contribution in [0.4, 0.5) is 0 Å². The summed E-state index contributed by atoms with van der Waals surface area (Å²) in [4.78, 5) is 12.7. The molecule has 2 aromatic rings. The molecular weight excluding hydrogens is 364 g/mol. The van der Waals surface area contributed by atoms with Gasteiger partial charge in [-0.05, 0) is 41.3 Å². The van der Waals surface area contributed by atoms with Crippen LogP contribution in [0.5, 0.6) is 5.75 Å². The molecule has 4 rings (SSSR count). The van der Waals surface area contributed by atoms with Crippen LogP contribution in [0.15, 0.2) is 84.2 Å². The predicted octanol–water partition coefficient (Wildman–Crippen LogP) is 3.94. The molecule has 2 aliphatic rings. The van der Waals surface area contributed by atoms with Crippen LogP contribution in [0.1, 0.15) is 22.7 Å². The van der Waals surface area contributed by atoms with Crippen LogP contribution in [-0.4, -0.2) is 29.1 Å². The molecule has 5 nitrogen and oxygen atoms in total. The van der Waals surface area contributed by atoms with Crippen molar-refractivity contribution in [3.63, 3.8) is 0 Å². The quantitative estimate of drug-likeness (QED) is 0.785. The van der Waals surface area contributed by atoms with Gasteiger partial charge >= 0.3 is 5.97 Å². The average molecular weight is 388 g/mol. The van der Waals surface area contributed by atoms with Crippen molar-refractivity contribution in [3.05, 3.63) is 101 Å². The van der Waals surface area contributed by atoms with E-state index in [0.29, 0.717) is 13.2 Å². The monoisotopic (exact) mass is 388 g/mol. The van der Waals surface area contributed by atoms with Crippen molar-refractivity contribution in [2.45, 2.75) is 19.6 Å². The van der Waals surface area contributed by atoms with Crippen molar-refractivity contribution in [2.24, 2.45) is 0 Å². The zero-order valence-electron chi connectivity index (χ0n) is 16.3. The smallest absolute Gasteiger partial charge is 0.323 e. The second-order valence-corrected chi connectivity index (χ2v) is 7.33. The first kappa shape index (κ1) is 18.9. The highest BCUT2D eigenvalue weighted by molar-refractivity contribution is 5.69. The number of aryl methyl sites for hydroxylation is 1. The summed E-state index contributed by atoms with van der Waals surface area (Å²) in [5.41, 5.74) is 5.55. The van der Waals surface area contributed by atoms with E-state index >= 15 is 0 Å².